The van der Waals surface area contributed by atoms with Crippen LogP contribution in [-0.2, 0) is 4.79 Å². The molecule has 0 aliphatic carbocycles. The summed E-state index contributed by atoms with van der Waals surface area (Å²) in [7, 11) is 6.70. The molecule has 4 heteroatoms. The highest BCUT2D eigenvalue weighted by Crippen LogP contribution is 1.56. The van der Waals surface area contributed by atoms with Crippen LogP contribution >= 0.6 is 0 Å². The van der Waals surface area contributed by atoms with E-state index in [0.29, 0.717) is 6.54 Å². The van der Waals surface area contributed by atoms with Crippen LogP contribution in [0.25, 0.3) is 0 Å². The lowest BCUT2D eigenvalue weighted by Crippen LogP contribution is -2.32. The number of rotatable bonds is 3. The van der Waals surface area contributed by atoms with Crippen molar-refractivity contribution in [2.75, 3.05) is 20.0 Å². The maximum atomic E-state index is 10.4. The molecule has 0 atom stereocenters. The van der Waals surface area contributed by atoms with Gasteiger partial charge < -0.3 is 10.6 Å². The van der Waals surface area contributed by atoms with Crippen molar-refractivity contribution >= 4 is 13.8 Å². The molecule has 0 aromatic rings. The Labute approximate surface area is 50.2 Å². The maximum absolute atomic E-state index is 10.4. The third-order valence-electron chi connectivity index (χ3n) is 0.637. The summed E-state index contributed by atoms with van der Waals surface area (Å²) in [6, 6.07) is 0. The second-order valence-electron chi connectivity index (χ2n) is 1.33. The number of hydrogen-bond donors (Lipinski definition) is 2. The third kappa shape index (κ3) is 3.68. The van der Waals surface area contributed by atoms with Crippen LogP contribution in [0.1, 0.15) is 0 Å². The number of amides is 1. The van der Waals surface area contributed by atoms with E-state index in [1.807, 2.05) is 0 Å². The minimum absolute atomic E-state index is 0.0741. The van der Waals surface area contributed by atoms with Crippen LogP contribution < -0.4 is 10.6 Å². The summed E-state index contributed by atoms with van der Waals surface area (Å²) < 4.78 is 0. The number of likely N-dealkylation sites (N-methyl/N-ethyl adjacent to an activating group) is 1. The molecule has 44 valence electrons. The molecule has 0 unspecified atom stereocenters. The molecule has 0 heterocycles. The van der Waals surface area contributed by atoms with E-state index in [9.17, 15) is 4.79 Å². The van der Waals surface area contributed by atoms with Gasteiger partial charge in [-0.2, -0.15) is 0 Å². The number of nitrogens with one attached hydrogen (secondary N) is 2. The lowest BCUT2D eigenvalue weighted by molar-refractivity contribution is -0.119. The van der Waals surface area contributed by atoms with Gasteiger partial charge in [0.2, 0.25) is 5.91 Å². The molecule has 8 heavy (non-hydrogen) atoms. The first kappa shape index (κ1) is 7.49. The van der Waals surface area contributed by atoms with Gasteiger partial charge in [0.25, 0.3) is 0 Å². The monoisotopic (exact) mass is 112 g/mol. The molecule has 0 aromatic carbocycles. The van der Waals surface area contributed by atoms with E-state index in [-0.39, 0.29) is 12.4 Å². The molecule has 0 aliphatic rings. The lowest BCUT2D eigenvalue weighted by Gasteiger charge is -1.98. The standard InChI is InChI=1S/C4H9BN2O/c1-6-2-4(8)7-3-5/h6H,2-3H2,1H3,(H,7,8). The minimum atomic E-state index is -0.0741. The van der Waals surface area contributed by atoms with Gasteiger partial charge in [0, 0.05) is 0 Å². The van der Waals surface area contributed by atoms with Crippen LogP contribution in [0, 0.1) is 0 Å². The predicted octanol–water partition coefficient (Wildman–Crippen LogP) is -1.55. The molecule has 0 aromatic heterocycles. The van der Waals surface area contributed by atoms with Crippen LogP contribution in [0.5, 0.6) is 0 Å². The highest BCUT2D eigenvalue weighted by molar-refractivity contribution is 6.10. The zero-order valence-electron chi connectivity index (χ0n) is 4.90. The summed E-state index contributed by atoms with van der Waals surface area (Å²) in [6.07, 6.45) is 0.209. The van der Waals surface area contributed by atoms with Gasteiger partial charge in [-0.25, -0.2) is 0 Å². The molecule has 0 rings (SSSR count). The quantitative estimate of drug-likeness (QED) is 0.434. The van der Waals surface area contributed by atoms with Gasteiger partial charge in [0.15, 0.2) is 0 Å². The second-order valence-corrected chi connectivity index (χ2v) is 1.33. The van der Waals surface area contributed by atoms with Crippen molar-refractivity contribution in [1.82, 2.24) is 10.6 Å². The number of carbonyl (C=O) groups excluding carboxylic acids is 1. The highest BCUT2D eigenvalue weighted by Gasteiger charge is 1.91. The Morgan fingerprint density at radius 3 is 2.75 bits per heavy atom. The first-order valence-corrected chi connectivity index (χ1v) is 2.42. The molecular weight excluding hydrogens is 103 g/mol. The fourth-order valence-electron chi connectivity index (χ4n) is 0.337. The molecule has 2 N–H and O–H groups in total. The van der Waals surface area contributed by atoms with Crippen molar-refractivity contribution in [2.45, 2.75) is 0 Å². The van der Waals surface area contributed by atoms with Crippen molar-refractivity contribution in [3.63, 3.8) is 0 Å². The van der Waals surface area contributed by atoms with Crippen molar-refractivity contribution < 1.29 is 4.79 Å². The first-order valence-electron chi connectivity index (χ1n) is 2.42. The van der Waals surface area contributed by atoms with Gasteiger partial charge in [-0.3, -0.25) is 4.79 Å². The van der Waals surface area contributed by atoms with Crippen LogP contribution in [0.15, 0.2) is 0 Å². The number of hydrogen-bond acceptors (Lipinski definition) is 2. The van der Waals surface area contributed by atoms with Gasteiger partial charge in [0.1, 0.15) is 0 Å². The Balaban J connectivity index is 3.06. The van der Waals surface area contributed by atoms with Crippen LogP contribution in [0.3, 0.4) is 0 Å². The fourth-order valence-corrected chi connectivity index (χ4v) is 0.337. The first-order chi connectivity index (χ1) is 3.81. The van der Waals surface area contributed by atoms with Gasteiger partial charge >= 0.3 is 0 Å². The smallest absolute Gasteiger partial charge is 0.233 e. The molecule has 0 bridgehead atoms. The van der Waals surface area contributed by atoms with E-state index in [1.165, 1.54) is 0 Å². The Bertz CT molecular complexity index is 68.4. The van der Waals surface area contributed by atoms with Gasteiger partial charge in [-0.1, -0.05) is 0 Å². The topological polar surface area (TPSA) is 41.1 Å². The second kappa shape index (κ2) is 4.65. The Morgan fingerprint density at radius 1 is 1.75 bits per heavy atom. The third-order valence-corrected chi connectivity index (χ3v) is 0.637. The molecule has 3 nitrogen and oxygen atoms in total. The van der Waals surface area contributed by atoms with Crippen LogP contribution in [0.4, 0.5) is 0 Å². The van der Waals surface area contributed by atoms with Gasteiger partial charge in [-0.05, 0) is 13.5 Å². The molecule has 1 amide bonds. The zero-order chi connectivity index (χ0) is 6.41. The Kier molecular flexibility index (Phi) is 4.36. The minimum Gasteiger partial charge on any atom is -0.364 e. The molecule has 2 radical (unpaired) electrons. The van der Waals surface area contributed by atoms with E-state index in [0.717, 1.165) is 0 Å². The largest absolute Gasteiger partial charge is 0.364 e. The predicted molar refractivity (Wildman–Crippen MR) is 32.7 cm³/mol. The summed E-state index contributed by atoms with van der Waals surface area (Å²) in [4.78, 5) is 10.4. The average Bonchev–Trinajstić information content (AvgIpc) is 1.68. The molecule has 0 spiro atoms. The van der Waals surface area contributed by atoms with Gasteiger partial charge in [-0.15, -0.1) is 0 Å². The lowest BCUT2D eigenvalue weighted by atomic mass is 10.2. The SMILES string of the molecule is [B]CNC(=O)CNC. The van der Waals surface area contributed by atoms with Crippen molar-refractivity contribution in [1.29, 1.82) is 0 Å². The normalized spacial score (nSPS) is 8.62. The summed E-state index contributed by atoms with van der Waals surface area (Å²) in [6.45, 7) is 0.331. The summed E-state index contributed by atoms with van der Waals surface area (Å²) in [5, 5.41) is 5.11. The van der Waals surface area contributed by atoms with E-state index in [4.69, 9.17) is 7.85 Å². The van der Waals surface area contributed by atoms with Crippen molar-refractivity contribution in [2.24, 2.45) is 0 Å². The summed E-state index contributed by atoms with van der Waals surface area (Å²) in [5.74, 6) is -0.0741. The Morgan fingerprint density at radius 2 is 2.38 bits per heavy atom. The highest BCUT2D eigenvalue weighted by atomic mass is 16.1. The van der Waals surface area contributed by atoms with E-state index < -0.39 is 0 Å². The van der Waals surface area contributed by atoms with E-state index >= 15 is 0 Å². The van der Waals surface area contributed by atoms with Gasteiger partial charge in [0.05, 0.1) is 14.4 Å². The molecular formula is C4H9BN2O. The molecule has 0 fully saturated rings. The van der Waals surface area contributed by atoms with E-state index in [2.05, 4.69) is 10.6 Å². The summed E-state index contributed by atoms with van der Waals surface area (Å²) >= 11 is 0. The molecule has 0 aliphatic heterocycles. The number of carbonyl (C=O) groups is 1. The maximum Gasteiger partial charge on any atom is 0.233 e. The van der Waals surface area contributed by atoms with Crippen molar-refractivity contribution in [3.05, 3.63) is 0 Å². The Hall–Kier alpha value is -0.505. The zero-order valence-corrected chi connectivity index (χ0v) is 4.90. The average molecular weight is 112 g/mol. The fraction of sp³-hybridized carbons (Fsp3) is 0.750. The van der Waals surface area contributed by atoms with Crippen LogP contribution in [0.2, 0.25) is 0 Å². The molecule has 0 saturated carbocycles. The summed E-state index contributed by atoms with van der Waals surface area (Å²) in [5.41, 5.74) is 0. The van der Waals surface area contributed by atoms with E-state index in [1.54, 1.807) is 7.05 Å². The molecule has 0 saturated heterocycles. The van der Waals surface area contributed by atoms with Crippen molar-refractivity contribution in [3.8, 4) is 0 Å². The van der Waals surface area contributed by atoms with Crippen LogP contribution in [-0.4, -0.2) is 33.8 Å².